The maximum Gasteiger partial charge on any atom is 0.315 e. The van der Waals surface area contributed by atoms with E-state index in [1.165, 1.54) is 16.2 Å². The van der Waals surface area contributed by atoms with E-state index < -0.39 is 59.1 Å². The molecular formula is C32H47N5O6S. The Morgan fingerprint density at radius 1 is 1.05 bits per heavy atom. The summed E-state index contributed by atoms with van der Waals surface area (Å²) in [5.41, 5.74) is 5.12. The minimum Gasteiger partial charge on any atom is -0.363 e. The number of hydrogen-bond acceptors (Lipinski definition) is 7. The first kappa shape index (κ1) is 34.9. The minimum atomic E-state index is -1.11. The molecule has 44 heavy (non-hydrogen) atoms. The van der Waals surface area contributed by atoms with Crippen LogP contribution in [-0.4, -0.2) is 70.9 Å². The number of primary amides is 1. The first-order chi connectivity index (χ1) is 20.5. The number of likely N-dealkylation sites (tertiary alicyclic amines) is 1. The second-order valence-electron chi connectivity index (χ2n) is 13.6. The zero-order valence-electron chi connectivity index (χ0n) is 26.6. The molecule has 2 fully saturated rings. The van der Waals surface area contributed by atoms with E-state index in [0.29, 0.717) is 23.3 Å². The molecule has 5 amide bonds. The van der Waals surface area contributed by atoms with Gasteiger partial charge >= 0.3 is 6.03 Å². The molecule has 242 valence electrons. The number of nitrogens with two attached hydrogens (primary N) is 1. The smallest absolute Gasteiger partial charge is 0.315 e. The normalized spacial score (nSPS) is 20.4. The van der Waals surface area contributed by atoms with Crippen molar-refractivity contribution in [2.75, 3.05) is 6.54 Å². The van der Waals surface area contributed by atoms with Gasteiger partial charge in [-0.15, -0.1) is 11.3 Å². The lowest BCUT2D eigenvalue weighted by Crippen LogP contribution is -2.61. The summed E-state index contributed by atoms with van der Waals surface area (Å²) < 4.78 is 0. The van der Waals surface area contributed by atoms with Crippen molar-refractivity contribution in [2.45, 2.75) is 97.8 Å². The van der Waals surface area contributed by atoms with Crippen molar-refractivity contribution in [1.82, 2.24) is 20.9 Å². The van der Waals surface area contributed by atoms with Crippen molar-refractivity contribution >= 4 is 46.7 Å². The number of nitrogens with one attached hydrogen (secondary N) is 3. The fraction of sp³-hybridized carbons (Fsp3) is 0.625. The van der Waals surface area contributed by atoms with Gasteiger partial charge in [-0.2, -0.15) is 0 Å². The maximum absolute atomic E-state index is 14.2. The van der Waals surface area contributed by atoms with Crippen LogP contribution in [0.3, 0.4) is 0 Å². The van der Waals surface area contributed by atoms with E-state index in [1.54, 1.807) is 24.4 Å². The van der Waals surface area contributed by atoms with Crippen LogP contribution in [-0.2, 0) is 19.2 Å². The van der Waals surface area contributed by atoms with Crippen LogP contribution in [0.1, 0.15) is 83.3 Å². The highest BCUT2D eigenvalue weighted by molar-refractivity contribution is 7.12. The van der Waals surface area contributed by atoms with Gasteiger partial charge in [0.1, 0.15) is 12.1 Å². The zero-order chi connectivity index (χ0) is 32.9. The highest BCUT2D eigenvalue weighted by atomic mass is 32.1. The Labute approximate surface area is 263 Å². The largest absolute Gasteiger partial charge is 0.363 e. The van der Waals surface area contributed by atoms with Gasteiger partial charge in [-0.3, -0.25) is 24.0 Å². The monoisotopic (exact) mass is 629 g/mol. The van der Waals surface area contributed by atoms with Crippen molar-refractivity contribution < 1.29 is 28.8 Å². The number of hydrogen-bond donors (Lipinski definition) is 4. The SMILES string of the molecule is C=C(C)[C@@H](CC(=O)c1cccs1)NC(=O)N[C@H](C(=O)N1CCC(C(C)C)[C@H]1C(=O)NC(CC1CC1)C(=O)C(N)=O)C(C)(C)C. The maximum atomic E-state index is 14.2. The van der Waals surface area contributed by atoms with E-state index in [0.717, 1.165) is 12.8 Å². The Hall–Kier alpha value is -3.54. The fourth-order valence-corrected chi connectivity index (χ4v) is 6.34. The van der Waals surface area contributed by atoms with Gasteiger partial charge in [0.05, 0.1) is 17.0 Å². The standard InChI is InChI=1S/C32H47N5O6S/c1-17(2)20-12-13-37(25(20)29(41)34-22(15-19-10-11-19)26(39)28(33)40)30(42)27(32(5,6)7)36-31(43)35-21(18(3)4)16-23(38)24-9-8-14-44-24/h8-9,14,17,19-22,25,27H,3,10-13,15-16H2,1-2,4-7H3,(H2,33,40)(H,34,41)(H2,35,36,43)/t20?,21-,22?,25+,27-/m1/s1. The Kier molecular flexibility index (Phi) is 11.5. The highest BCUT2D eigenvalue weighted by Crippen LogP contribution is 2.35. The van der Waals surface area contributed by atoms with E-state index in [-0.39, 0.29) is 36.5 Å². The molecule has 1 aromatic rings. The first-order valence-electron chi connectivity index (χ1n) is 15.2. The van der Waals surface area contributed by atoms with Crippen molar-refractivity contribution in [3.8, 4) is 0 Å². The third-order valence-corrected chi connectivity index (χ3v) is 9.38. The Morgan fingerprint density at radius 3 is 2.20 bits per heavy atom. The molecule has 2 heterocycles. The van der Waals surface area contributed by atoms with E-state index in [9.17, 15) is 28.8 Å². The van der Waals surface area contributed by atoms with Crippen LogP contribution in [0.2, 0.25) is 0 Å². The van der Waals surface area contributed by atoms with Crippen LogP contribution < -0.4 is 21.7 Å². The van der Waals surface area contributed by atoms with E-state index in [1.807, 2.05) is 34.6 Å². The summed E-state index contributed by atoms with van der Waals surface area (Å²) >= 11 is 1.32. The van der Waals surface area contributed by atoms with Crippen LogP contribution >= 0.6 is 11.3 Å². The molecule has 11 nitrogen and oxygen atoms in total. The number of amides is 5. The number of Topliss-reactive ketones (excluding diaryl/α,β-unsaturated/α-hetero) is 2. The Bertz CT molecular complexity index is 1270. The van der Waals surface area contributed by atoms with Gasteiger partial charge in [0.2, 0.25) is 17.6 Å². The predicted molar refractivity (Wildman–Crippen MR) is 169 cm³/mol. The van der Waals surface area contributed by atoms with Crippen molar-refractivity contribution in [1.29, 1.82) is 0 Å². The lowest BCUT2D eigenvalue weighted by atomic mass is 9.84. The number of nitrogens with zero attached hydrogens (tertiary/aromatic N) is 1. The predicted octanol–water partition coefficient (Wildman–Crippen LogP) is 3.19. The molecule has 1 aliphatic heterocycles. The number of rotatable bonds is 14. The zero-order valence-corrected chi connectivity index (χ0v) is 27.4. The second-order valence-corrected chi connectivity index (χ2v) is 14.5. The highest BCUT2D eigenvalue weighted by Gasteiger charge is 2.48. The Morgan fingerprint density at radius 2 is 1.70 bits per heavy atom. The summed E-state index contributed by atoms with van der Waals surface area (Å²) in [6.07, 6.45) is 2.73. The molecule has 2 unspecified atom stereocenters. The average molecular weight is 630 g/mol. The molecule has 1 aromatic heterocycles. The lowest BCUT2D eigenvalue weighted by Gasteiger charge is -2.37. The lowest BCUT2D eigenvalue weighted by molar-refractivity contribution is -0.144. The molecule has 1 saturated heterocycles. The number of urea groups is 1. The van der Waals surface area contributed by atoms with E-state index in [2.05, 4.69) is 22.5 Å². The summed E-state index contributed by atoms with van der Waals surface area (Å²) in [5.74, 6) is -2.95. The molecule has 1 saturated carbocycles. The average Bonchev–Trinajstić information content (AvgIpc) is 3.37. The van der Waals surface area contributed by atoms with Crippen LogP contribution in [0.5, 0.6) is 0 Å². The van der Waals surface area contributed by atoms with E-state index in [4.69, 9.17) is 5.73 Å². The Balaban J connectivity index is 1.79. The molecule has 0 bridgehead atoms. The molecule has 5 atom stereocenters. The first-order valence-corrected chi connectivity index (χ1v) is 16.1. The van der Waals surface area contributed by atoms with Crippen LogP contribution in [0.15, 0.2) is 29.7 Å². The summed E-state index contributed by atoms with van der Waals surface area (Å²) in [6.45, 7) is 15.3. The van der Waals surface area contributed by atoms with E-state index >= 15 is 0 Å². The van der Waals surface area contributed by atoms with Gasteiger partial charge in [-0.05, 0) is 54.4 Å². The van der Waals surface area contributed by atoms with Gasteiger partial charge < -0.3 is 26.6 Å². The third-order valence-electron chi connectivity index (χ3n) is 8.47. The summed E-state index contributed by atoms with van der Waals surface area (Å²) in [6, 6.07) is -0.739. The minimum absolute atomic E-state index is 0.0217. The molecule has 2 aliphatic rings. The van der Waals surface area contributed by atoms with Gasteiger partial charge in [0.25, 0.3) is 5.91 Å². The molecule has 1 aliphatic carbocycles. The van der Waals surface area contributed by atoms with Crippen LogP contribution in [0, 0.1) is 23.2 Å². The summed E-state index contributed by atoms with van der Waals surface area (Å²) in [7, 11) is 0. The van der Waals surface area contributed by atoms with Crippen molar-refractivity contribution in [3.63, 3.8) is 0 Å². The number of ketones is 2. The third kappa shape index (κ3) is 8.99. The molecule has 5 N–H and O–H groups in total. The van der Waals surface area contributed by atoms with Gasteiger partial charge in [-0.1, -0.05) is 65.7 Å². The van der Waals surface area contributed by atoms with Gasteiger partial charge in [-0.25, -0.2) is 4.79 Å². The summed E-state index contributed by atoms with van der Waals surface area (Å²) in [4.78, 5) is 80.3. The second kappa shape index (κ2) is 14.5. The van der Waals surface area contributed by atoms with Crippen LogP contribution in [0.25, 0.3) is 0 Å². The fourth-order valence-electron chi connectivity index (χ4n) is 5.66. The molecule has 0 aromatic carbocycles. The molecule has 0 radical (unpaired) electrons. The topological polar surface area (TPSA) is 168 Å². The van der Waals surface area contributed by atoms with Crippen molar-refractivity contribution in [2.24, 2.45) is 28.9 Å². The number of carbonyl (C=O) groups excluding carboxylic acids is 6. The molecular weight excluding hydrogens is 582 g/mol. The summed E-state index contributed by atoms with van der Waals surface area (Å²) in [5, 5.41) is 10.1. The molecule has 0 spiro atoms. The number of thiophene rings is 1. The molecule has 3 rings (SSSR count). The van der Waals surface area contributed by atoms with Gasteiger partial charge in [0, 0.05) is 13.0 Å². The van der Waals surface area contributed by atoms with Crippen molar-refractivity contribution in [3.05, 3.63) is 34.5 Å². The molecule has 12 heteroatoms. The quantitative estimate of drug-likeness (QED) is 0.140. The van der Waals surface area contributed by atoms with Crippen LogP contribution in [0.4, 0.5) is 4.79 Å². The number of carbonyl (C=O) groups is 6. The van der Waals surface area contributed by atoms with Gasteiger partial charge in [0.15, 0.2) is 5.78 Å².